The average molecular weight is 465 g/mol. The van der Waals surface area contributed by atoms with Crippen molar-refractivity contribution >= 4 is 28.4 Å². The molecule has 2 aromatic rings. The van der Waals surface area contributed by atoms with Gasteiger partial charge in [0.15, 0.2) is 0 Å². The van der Waals surface area contributed by atoms with Crippen LogP contribution in [-0.4, -0.2) is 42.7 Å². The van der Waals surface area contributed by atoms with Crippen molar-refractivity contribution in [2.45, 2.75) is 58.3 Å². The topological polar surface area (TPSA) is 32.3 Å². The van der Waals surface area contributed by atoms with E-state index in [4.69, 9.17) is 0 Å². The minimum Gasteiger partial charge on any atom is -0.354 e. The Bertz CT molecular complexity index is 949. The molecular formula is C29H40N2OS. The predicted octanol–water partition coefficient (Wildman–Crippen LogP) is 6.54. The van der Waals surface area contributed by atoms with E-state index in [1.54, 1.807) is 11.8 Å². The maximum Gasteiger partial charge on any atom is 0.230 e. The van der Waals surface area contributed by atoms with Gasteiger partial charge in [-0.1, -0.05) is 81.0 Å². The van der Waals surface area contributed by atoms with Gasteiger partial charge in [0, 0.05) is 29.9 Å². The molecule has 178 valence electrons. The van der Waals surface area contributed by atoms with Gasteiger partial charge in [-0.2, -0.15) is 0 Å². The number of carbonyl (C=O) groups is 1. The van der Waals surface area contributed by atoms with Crippen molar-refractivity contribution in [1.29, 1.82) is 0 Å². The van der Waals surface area contributed by atoms with Crippen LogP contribution in [0.3, 0.4) is 0 Å². The Morgan fingerprint density at radius 1 is 1.09 bits per heavy atom. The number of unbranched alkanes of at least 4 members (excludes halogenated alkanes) is 2. The van der Waals surface area contributed by atoms with Crippen LogP contribution in [0.4, 0.5) is 0 Å². The molecule has 0 aliphatic carbocycles. The summed E-state index contributed by atoms with van der Waals surface area (Å²) in [5.74, 6) is 7.03. The van der Waals surface area contributed by atoms with E-state index in [9.17, 15) is 4.79 Å². The lowest BCUT2D eigenvalue weighted by Crippen LogP contribution is -2.36. The second-order valence-electron chi connectivity index (χ2n) is 9.03. The molecule has 4 heteroatoms. The number of rotatable bonds is 13. The molecule has 33 heavy (non-hydrogen) atoms. The Balaban J connectivity index is 1.79. The summed E-state index contributed by atoms with van der Waals surface area (Å²) in [4.78, 5) is 16.0. The zero-order valence-corrected chi connectivity index (χ0v) is 21.6. The molecule has 0 fully saturated rings. The maximum absolute atomic E-state index is 12.4. The number of carbonyl (C=O) groups excluding carboxylic acids is 1. The highest BCUT2D eigenvalue weighted by Crippen LogP contribution is 2.27. The third kappa shape index (κ3) is 10.5. The van der Waals surface area contributed by atoms with E-state index < -0.39 is 0 Å². The second kappa shape index (κ2) is 14.8. The molecule has 0 radical (unpaired) electrons. The lowest BCUT2D eigenvalue weighted by molar-refractivity contribution is -0.118. The van der Waals surface area contributed by atoms with E-state index in [0.717, 1.165) is 31.0 Å². The first-order valence-electron chi connectivity index (χ1n) is 12.2. The molecular weight excluding hydrogens is 424 g/mol. The molecule has 0 saturated carbocycles. The van der Waals surface area contributed by atoms with E-state index in [1.807, 2.05) is 18.2 Å². The summed E-state index contributed by atoms with van der Waals surface area (Å²) in [6.07, 6.45) is 8.80. The predicted molar refractivity (Wildman–Crippen MR) is 145 cm³/mol. The second-order valence-corrected chi connectivity index (χ2v) is 10.0. The number of thioether (sulfide) groups is 1. The molecule has 3 nitrogen and oxygen atoms in total. The fraction of sp³-hybridized carbons (Fsp3) is 0.483. The first-order chi connectivity index (χ1) is 15.9. The van der Waals surface area contributed by atoms with Crippen LogP contribution in [0, 0.1) is 17.3 Å². The molecule has 0 aliphatic heterocycles. The molecule has 0 aliphatic rings. The van der Waals surface area contributed by atoms with Crippen LogP contribution >= 0.6 is 11.8 Å². The zero-order valence-electron chi connectivity index (χ0n) is 20.8. The molecule has 2 rings (SSSR count). The van der Waals surface area contributed by atoms with Crippen LogP contribution in [0.1, 0.15) is 53.4 Å². The van der Waals surface area contributed by atoms with Gasteiger partial charge in [-0.3, -0.25) is 9.69 Å². The summed E-state index contributed by atoms with van der Waals surface area (Å²) >= 11 is 1.60. The van der Waals surface area contributed by atoms with Crippen molar-refractivity contribution < 1.29 is 4.79 Å². The van der Waals surface area contributed by atoms with Crippen LogP contribution in [0.25, 0.3) is 10.8 Å². The highest BCUT2D eigenvalue weighted by molar-refractivity contribution is 8.00. The lowest BCUT2D eigenvalue weighted by atomic mass is 9.91. The van der Waals surface area contributed by atoms with Gasteiger partial charge in [0.2, 0.25) is 5.91 Å². The number of nitrogens with one attached hydrogen (secondary N) is 1. The van der Waals surface area contributed by atoms with Crippen molar-refractivity contribution in [3.05, 3.63) is 54.6 Å². The van der Waals surface area contributed by atoms with Gasteiger partial charge >= 0.3 is 0 Å². The average Bonchev–Trinajstić information content (AvgIpc) is 2.82. The Morgan fingerprint density at radius 2 is 1.88 bits per heavy atom. The highest BCUT2D eigenvalue weighted by atomic mass is 32.2. The summed E-state index contributed by atoms with van der Waals surface area (Å²) in [6.45, 7) is 12.2. The molecule has 1 N–H and O–H groups in total. The monoisotopic (exact) mass is 464 g/mol. The van der Waals surface area contributed by atoms with Crippen molar-refractivity contribution in [1.82, 2.24) is 10.2 Å². The van der Waals surface area contributed by atoms with Crippen LogP contribution in [0.2, 0.25) is 0 Å². The van der Waals surface area contributed by atoms with Gasteiger partial charge in [-0.05, 0) is 56.1 Å². The summed E-state index contributed by atoms with van der Waals surface area (Å²) in [5, 5.41) is 5.51. The van der Waals surface area contributed by atoms with Gasteiger partial charge in [-0.15, -0.1) is 11.8 Å². The van der Waals surface area contributed by atoms with Gasteiger partial charge in [-0.25, -0.2) is 0 Å². The molecule has 0 bridgehead atoms. The highest BCUT2D eigenvalue weighted by Gasteiger charge is 2.09. The summed E-state index contributed by atoms with van der Waals surface area (Å²) in [6, 6.07) is 14.6. The van der Waals surface area contributed by atoms with E-state index >= 15 is 0 Å². The van der Waals surface area contributed by atoms with Crippen LogP contribution < -0.4 is 5.32 Å². The minimum atomic E-state index is 0.0689. The number of amides is 1. The van der Waals surface area contributed by atoms with E-state index in [0.29, 0.717) is 12.3 Å². The van der Waals surface area contributed by atoms with E-state index in [-0.39, 0.29) is 11.3 Å². The normalized spacial score (nSPS) is 11.7. The first kappa shape index (κ1) is 27.0. The van der Waals surface area contributed by atoms with Gasteiger partial charge in [0.05, 0.1) is 5.75 Å². The van der Waals surface area contributed by atoms with Crippen LogP contribution in [0.5, 0.6) is 0 Å². The number of fused-ring (bicyclic) bond motifs is 1. The third-order valence-corrected chi connectivity index (χ3v) is 6.87. The first-order valence-corrected chi connectivity index (χ1v) is 13.2. The summed E-state index contributed by atoms with van der Waals surface area (Å²) < 4.78 is 0. The maximum atomic E-state index is 12.4. The molecule has 0 unspecified atom stereocenters. The fourth-order valence-electron chi connectivity index (χ4n) is 3.34. The Hall–Kier alpha value is -2.22. The van der Waals surface area contributed by atoms with Gasteiger partial charge in [0.25, 0.3) is 0 Å². The van der Waals surface area contributed by atoms with Crippen LogP contribution in [-0.2, 0) is 4.79 Å². The quantitative estimate of drug-likeness (QED) is 0.208. The van der Waals surface area contributed by atoms with E-state index in [2.05, 4.69) is 86.2 Å². The van der Waals surface area contributed by atoms with Crippen molar-refractivity contribution in [3.63, 3.8) is 0 Å². The third-order valence-electron chi connectivity index (χ3n) is 5.80. The van der Waals surface area contributed by atoms with Crippen LogP contribution in [0.15, 0.2) is 59.5 Å². The summed E-state index contributed by atoms with van der Waals surface area (Å²) in [5.41, 5.74) is 0.0689. The SMILES string of the molecule is CCCCCN(C/C=C/C#CC(C)(C)CC)CCNC(=O)CSc1cccc2ccccc12. The Kier molecular flexibility index (Phi) is 12.1. The standard InChI is InChI=1S/C29H40N2OS/c1-5-7-12-21-31(22-13-8-11-19-29(3,4)6-2)23-20-30-28(32)24-33-27-18-14-16-25-15-9-10-17-26(25)27/h8-10,13-18H,5-7,12,20-24H2,1-4H3,(H,30,32)/b13-8+. The number of allylic oxidation sites excluding steroid dienone is 1. The largest absolute Gasteiger partial charge is 0.354 e. The number of nitrogens with zero attached hydrogens (tertiary/aromatic N) is 1. The molecule has 0 spiro atoms. The van der Waals surface area contributed by atoms with Crippen molar-refractivity contribution in [2.75, 3.05) is 31.9 Å². The molecule has 0 heterocycles. The summed E-state index contributed by atoms with van der Waals surface area (Å²) in [7, 11) is 0. The Labute approximate surface area is 205 Å². The molecule has 0 saturated heterocycles. The number of benzene rings is 2. The minimum absolute atomic E-state index is 0.0689. The van der Waals surface area contributed by atoms with Gasteiger partial charge < -0.3 is 5.32 Å². The van der Waals surface area contributed by atoms with Crippen molar-refractivity contribution in [2.24, 2.45) is 5.41 Å². The lowest BCUT2D eigenvalue weighted by Gasteiger charge is -2.20. The molecule has 2 aromatic carbocycles. The number of hydrogen-bond acceptors (Lipinski definition) is 3. The molecule has 0 atom stereocenters. The number of hydrogen-bond donors (Lipinski definition) is 1. The zero-order chi connectivity index (χ0) is 23.9. The molecule has 1 amide bonds. The van der Waals surface area contributed by atoms with E-state index in [1.165, 1.54) is 30.0 Å². The Morgan fingerprint density at radius 3 is 2.67 bits per heavy atom. The molecule has 0 aromatic heterocycles. The van der Waals surface area contributed by atoms with Gasteiger partial charge in [0.1, 0.15) is 0 Å². The van der Waals surface area contributed by atoms with Crippen molar-refractivity contribution in [3.8, 4) is 11.8 Å². The smallest absolute Gasteiger partial charge is 0.230 e. The fourth-order valence-corrected chi connectivity index (χ4v) is 4.24.